The number of benzene rings is 1. The largest absolute Gasteiger partial charge is 0.496 e. The van der Waals surface area contributed by atoms with E-state index in [4.69, 9.17) is 22.1 Å². The van der Waals surface area contributed by atoms with Crippen LogP contribution in [0, 0.1) is 0 Å². The van der Waals surface area contributed by atoms with E-state index in [1.54, 1.807) is 12.1 Å². The first-order valence-electron chi connectivity index (χ1n) is 5.05. The van der Waals surface area contributed by atoms with Crippen LogP contribution in [0.5, 0.6) is 5.75 Å². The van der Waals surface area contributed by atoms with E-state index in [-0.39, 0.29) is 5.91 Å². The quantitative estimate of drug-likeness (QED) is 0.791. The summed E-state index contributed by atoms with van der Waals surface area (Å²) in [5.74, 6) is 0.377. The summed E-state index contributed by atoms with van der Waals surface area (Å²) < 4.78 is 5.09. The summed E-state index contributed by atoms with van der Waals surface area (Å²) in [6, 6.07) is 4.78. The molecule has 0 radical (unpaired) electrons. The number of halogens is 1. The van der Waals surface area contributed by atoms with Crippen molar-refractivity contribution in [2.24, 2.45) is 0 Å². The number of nitrogens with zero attached hydrogens (tertiary/aromatic N) is 1. The third-order valence-corrected chi connectivity index (χ3v) is 2.55. The minimum atomic E-state index is -0.384. The number of amides is 1. The van der Waals surface area contributed by atoms with E-state index in [1.165, 1.54) is 19.4 Å². The number of anilines is 2. The van der Waals surface area contributed by atoms with Crippen LogP contribution in [0.3, 0.4) is 0 Å². The van der Waals surface area contributed by atoms with Crippen LogP contribution in [-0.2, 0) is 0 Å². The highest BCUT2D eigenvalue weighted by molar-refractivity contribution is 6.31. The molecule has 0 saturated carbocycles. The zero-order valence-corrected chi connectivity index (χ0v) is 10.3. The van der Waals surface area contributed by atoms with E-state index in [1.807, 2.05) is 0 Å². The van der Waals surface area contributed by atoms with E-state index in [0.29, 0.717) is 27.8 Å². The number of aromatic nitrogens is 2. The molecular formula is C11H11ClN4O2. The number of nitrogen functional groups attached to an aromatic ring is 1. The Kier molecular flexibility index (Phi) is 3.38. The van der Waals surface area contributed by atoms with Crippen LogP contribution in [0.15, 0.2) is 24.4 Å². The number of carbonyl (C=O) groups is 1. The highest BCUT2D eigenvalue weighted by Crippen LogP contribution is 2.24. The summed E-state index contributed by atoms with van der Waals surface area (Å²) in [5, 5.41) is 9.31. The van der Waals surface area contributed by atoms with Crippen LogP contribution in [-0.4, -0.2) is 23.2 Å². The van der Waals surface area contributed by atoms with Crippen molar-refractivity contribution >= 4 is 29.0 Å². The molecule has 0 saturated heterocycles. The van der Waals surface area contributed by atoms with Crippen LogP contribution in [0.4, 0.5) is 11.5 Å². The summed E-state index contributed by atoms with van der Waals surface area (Å²) in [6.45, 7) is 0. The van der Waals surface area contributed by atoms with E-state index in [0.717, 1.165) is 0 Å². The summed E-state index contributed by atoms with van der Waals surface area (Å²) in [6.07, 6.45) is 1.41. The SMILES string of the molecule is COc1ccc(Cl)cc1C(=O)Nc1[nH]ncc1N. The van der Waals surface area contributed by atoms with Gasteiger partial charge in [0.05, 0.1) is 24.6 Å². The number of H-pyrrole nitrogens is 1. The van der Waals surface area contributed by atoms with E-state index < -0.39 is 0 Å². The average molecular weight is 267 g/mol. The van der Waals surface area contributed by atoms with Gasteiger partial charge >= 0.3 is 0 Å². The Morgan fingerprint density at radius 2 is 2.33 bits per heavy atom. The summed E-state index contributed by atoms with van der Waals surface area (Å²) in [5.41, 5.74) is 6.27. The van der Waals surface area contributed by atoms with E-state index in [9.17, 15) is 4.79 Å². The molecule has 1 aromatic carbocycles. The Morgan fingerprint density at radius 3 is 2.94 bits per heavy atom. The maximum absolute atomic E-state index is 12.0. The van der Waals surface area contributed by atoms with Crippen LogP contribution < -0.4 is 15.8 Å². The van der Waals surface area contributed by atoms with Crippen molar-refractivity contribution in [3.05, 3.63) is 35.0 Å². The second-order valence-electron chi connectivity index (χ2n) is 3.50. The van der Waals surface area contributed by atoms with Crippen LogP contribution >= 0.6 is 11.6 Å². The maximum Gasteiger partial charge on any atom is 0.260 e. The van der Waals surface area contributed by atoms with Gasteiger partial charge in [0.15, 0.2) is 5.82 Å². The van der Waals surface area contributed by atoms with Crippen LogP contribution in [0.25, 0.3) is 0 Å². The van der Waals surface area contributed by atoms with E-state index in [2.05, 4.69) is 15.5 Å². The van der Waals surface area contributed by atoms with Gasteiger partial charge in [-0.1, -0.05) is 11.6 Å². The molecule has 0 unspecified atom stereocenters. The molecule has 94 valence electrons. The summed E-state index contributed by atoms with van der Waals surface area (Å²) in [7, 11) is 1.48. The minimum Gasteiger partial charge on any atom is -0.496 e. The second-order valence-corrected chi connectivity index (χ2v) is 3.94. The first kappa shape index (κ1) is 12.3. The third-order valence-electron chi connectivity index (χ3n) is 2.31. The molecule has 1 amide bonds. The molecule has 0 atom stereocenters. The van der Waals surface area contributed by atoms with Crippen LogP contribution in [0.1, 0.15) is 10.4 Å². The average Bonchev–Trinajstić information content (AvgIpc) is 2.75. The highest BCUT2D eigenvalue weighted by atomic mass is 35.5. The Labute approximate surface area is 108 Å². The Balaban J connectivity index is 2.29. The lowest BCUT2D eigenvalue weighted by atomic mass is 10.2. The number of carbonyl (C=O) groups excluding carboxylic acids is 1. The number of nitrogens with one attached hydrogen (secondary N) is 2. The topological polar surface area (TPSA) is 93.0 Å². The fourth-order valence-electron chi connectivity index (χ4n) is 1.43. The first-order valence-corrected chi connectivity index (χ1v) is 5.43. The van der Waals surface area contributed by atoms with E-state index >= 15 is 0 Å². The van der Waals surface area contributed by atoms with Crippen molar-refractivity contribution in [1.29, 1.82) is 0 Å². The minimum absolute atomic E-state index is 0.319. The number of aromatic amines is 1. The molecule has 7 heteroatoms. The van der Waals surface area contributed by atoms with Gasteiger partial charge in [0.2, 0.25) is 0 Å². The van der Waals surface area contributed by atoms with Gasteiger partial charge in [0.25, 0.3) is 5.91 Å². The fourth-order valence-corrected chi connectivity index (χ4v) is 1.61. The number of methoxy groups -OCH3 is 1. The van der Waals surface area contributed by atoms with Crippen molar-refractivity contribution in [2.75, 3.05) is 18.2 Å². The fraction of sp³-hybridized carbons (Fsp3) is 0.0909. The molecule has 4 N–H and O–H groups in total. The molecule has 0 bridgehead atoms. The number of nitrogens with two attached hydrogens (primary N) is 1. The standard InChI is InChI=1S/C11H11ClN4O2/c1-18-9-3-2-6(12)4-7(9)11(17)15-10-8(13)5-14-16-10/h2-5H,13H2,1H3,(H2,14,15,16,17). The molecule has 6 nitrogen and oxygen atoms in total. The van der Waals surface area contributed by atoms with Gasteiger partial charge < -0.3 is 15.8 Å². The molecule has 0 fully saturated rings. The second kappa shape index (κ2) is 4.97. The lowest BCUT2D eigenvalue weighted by Gasteiger charge is -2.08. The number of hydrogen-bond acceptors (Lipinski definition) is 4. The predicted molar refractivity (Wildman–Crippen MR) is 69.0 cm³/mol. The normalized spacial score (nSPS) is 10.1. The van der Waals surface area contributed by atoms with Crippen molar-refractivity contribution < 1.29 is 9.53 Å². The Bertz CT molecular complexity index is 582. The van der Waals surface area contributed by atoms with Gasteiger partial charge in [-0.3, -0.25) is 9.89 Å². The number of ether oxygens (including phenoxy) is 1. The third kappa shape index (κ3) is 2.38. The molecule has 18 heavy (non-hydrogen) atoms. The number of hydrogen-bond donors (Lipinski definition) is 3. The monoisotopic (exact) mass is 266 g/mol. The van der Waals surface area contributed by atoms with Gasteiger partial charge in [0.1, 0.15) is 5.75 Å². The number of rotatable bonds is 3. The van der Waals surface area contributed by atoms with Gasteiger partial charge in [-0.15, -0.1) is 0 Å². The lowest BCUT2D eigenvalue weighted by molar-refractivity contribution is 0.102. The van der Waals surface area contributed by atoms with Gasteiger partial charge in [-0.2, -0.15) is 5.10 Å². The Morgan fingerprint density at radius 1 is 1.56 bits per heavy atom. The predicted octanol–water partition coefficient (Wildman–Crippen LogP) is 1.91. The van der Waals surface area contributed by atoms with Crippen molar-refractivity contribution in [3.63, 3.8) is 0 Å². The molecule has 0 aliphatic carbocycles. The van der Waals surface area contributed by atoms with Gasteiger partial charge in [-0.05, 0) is 18.2 Å². The van der Waals surface area contributed by atoms with Crippen molar-refractivity contribution in [2.45, 2.75) is 0 Å². The Hall–Kier alpha value is -2.21. The molecule has 1 aromatic heterocycles. The van der Waals surface area contributed by atoms with Crippen molar-refractivity contribution in [1.82, 2.24) is 10.2 Å². The zero-order chi connectivity index (χ0) is 13.1. The molecule has 1 heterocycles. The first-order chi connectivity index (χ1) is 8.61. The summed E-state index contributed by atoms with van der Waals surface area (Å²) >= 11 is 5.85. The molecule has 0 aliphatic rings. The van der Waals surface area contributed by atoms with Gasteiger partial charge in [-0.25, -0.2) is 0 Å². The highest BCUT2D eigenvalue weighted by Gasteiger charge is 2.14. The molecule has 0 spiro atoms. The molecule has 2 aromatic rings. The van der Waals surface area contributed by atoms with Gasteiger partial charge in [0, 0.05) is 5.02 Å². The molecular weight excluding hydrogens is 256 g/mol. The zero-order valence-electron chi connectivity index (χ0n) is 9.53. The molecule has 0 aliphatic heterocycles. The molecule has 2 rings (SSSR count). The summed E-state index contributed by atoms with van der Waals surface area (Å²) in [4.78, 5) is 12.0. The lowest BCUT2D eigenvalue weighted by Crippen LogP contribution is -2.14. The van der Waals surface area contributed by atoms with Crippen molar-refractivity contribution in [3.8, 4) is 5.75 Å². The smallest absolute Gasteiger partial charge is 0.260 e. The van der Waals surface area contributed by atoms with Crippen LogP contribution in [0.2, 0.25) is 5.02 Å². The maximum atomic E-state index is 12.0.